The third-order valence-electron chi connectivity index (χ3n) is 1.31. The molecule has 0 aliphatic heterocycles. The molecule has 0 unspecified atom stereocenters. The lowest BCUT2D eigenvalue weighted by Gasteiger charge is -1.92. The molecule has 0 fully saturated rings. The minimum Gasteiger partial charge on any atom is -0.265 e. The monoisotopic (exact) mass is 225 g/mol. The van der Waals surface area contributed by atoms with Gasteiger partial charge in [-0.2, -0.15) is 0 Å². The molecule has 1 rings (SSSR count). The zero-order valence-corrected chi connectivity index (χ0v) is 9.36. The molecule has 0 saturated heterocycles. The Morgan fingerprint density at radius 3 is 1.67 bits per heavy atom. The molecule has 0 amide bonds. The summed E-state index contributed by atoms with van der Waals surface area (Å²) in [5.41, 5.74) is 0. The summed E-state index contributed by atoms with van der Waals surface area (Å²) in [6.45, 7) is 6.63. The molecule has 1 aromatic rings. The molecule has 1 aromatic heterocycles. The lowest BCUT2D eigenvalue weighted by Crippen LogP contribution is -2.06. The minimum atomic E-state index is -2.92. The van der Waals surface area contributed by atoms with Gasteiger partial charge in [0.1, 0.15) is 0 Å². The van der Waals surface area contributed by atoms with Gasteiger partial charge in [0.05, 0.1) is 11.5 Å². The number of rotatable bonds is 4. The van der Waals surface area contributed by atoms with Crippen molar-refractivity contribution in [1.82, 2.24) is 4.98 Å². The zero-order valence-electron chi connectivity index (χ0n) is 8.54. The smallest absolute Gasteiger partial charge is 0.157 e. The first-order valence-corrected chi connectivity index (χ1v) is 6.21. The first-order chi connectivity index (χ1) is 7.12. The van der Waals surface area contributed by atoms with Crippen molar-refractivity contribution < 1.29 is 8.42 Å². The van der Waals surface area contributed by atoms with E-state index in [1.54, 1.807) is 12.4 Å². The number of aromatic nitrogens is 1. The maximum Gasteiger partial charge on any atom is 0.157 e. The number of hydrogen-bond acceptors (Lipinski definition) is 3. The van der Waals surface area contributed by atoms with Crippen molar-refractivity contribution in [2.45, 2.75) is 0 Å². The Morgan fingerprint density at radius 2 is 1.47 bits per heavy atom. The topological polar surface area (TPSA) is 47.0 Å². The van der Waals surface area contributed by atoms with Crippen LogP contribution in [0, 0.1) is 0 Å². The molecular formula is C11H15NO2S. The van der Waals surface area contributed by atoms with Crippen molar-refractivity contribution in [3.8, 4) is 0 Å². The van der Waals surface area contributed by atoms with Crippen LogP contribution in [0.2, 0.25) is 0 Å². The summed E-state index contributed by atoms with van der Waals surface area (Å²) in [4.78, 5) is 3.78. The van der Waals surface area contributed by atoms with E-state index in [1.807, 2.05) is 18.2 Å². The fourth-order valence-electron chi connectivity index (χ4n) is 0.740. The van der Waals surface area contributed by atoms with Gasteiger partial charge in [0.15, 0.2) is 9.84 Å². The Balaban J connectivity index is 0.000000280. The molecule has 0 N–H and O–H groups in total. The van der Waals surface area contributed by atoms with Crippen LogP contribution in [0.3, 0.4) is 0 Å². The SMILES string of the molecule is C=CCS(=O)(=O)CC=C.c1ccncc1. The highest BCUT2D eigenvalue weighted by atomic mass is 32.2. The molecule has 3 nitrogen and oxygen atoms in total. The fraction of sp³-hybridized carbons (Fsp3) is 0.182. The average Bonchev–Trinajstić information content (AvgIpc) is 2.21. The fourth-order valence-corrected chi connectivity index (χ4v) is 1.59. The standard InChI is InChI=1S/C6H10O2S.C5H5N/c1-3-5-9(7,8)6-4-2;1-2-4-6-5-3-1/h3-4H,1-2,5-6H2;1-5H. The number of sulfone groups is 1. The van der Waals surface area contributed by atoms with Crippen molar-refractivity contribution in [2.75, 3.05) is 11.5 Å². The zero-order chi connectivity index (χ0) is 11.6. The van der Waals surface area contributed by atoms with Gasteiger partial charge in [-0.15, -0.1) is 13.2 Å². The first-order valence-electron chi connectivity index (χ1n) is 4.39. The first kappa shape index (κ1) is 13.6. The summed E-state index contributed by atoms with van der Waals surface area (Å²) in [5.74, 6) is 0.0814. The van der Waals surface area contributed by atoms with Crippen LogP contribution in [0.15, 0.2) is 55.9 Å². The van der Waals surface area contributed by atoms with E-state index in [-0.39, 0.29) is 11.5 Å². The van der Waals surface area contributed by atoms with Crippen molar-refractivity contribution in [3.05, 3.63) is 55.9 Å². The lowest BCUT2D eigenvalue weighted by molar-refractivity contribution is 0.602. The summed E-state index contributed by atoms with van der Waals surface area (Å²) >= 11 is 0. The van der Waals surface area contributed by atoms with Crippen LogP contribution in [-0.2, 0) is 9.84 Å². The van der Waals surface area contributed by atoms with Crippen molar-refractivity contribution in [1.29, 1.82) is 0 Å². The van der Waals surface area contributed by atoms with E-state index in [0.717, 1.165) is 0 Å². The second-order valence-electron chi connectivity index (χ2n) is 2.68. The van der Waals surface area contributed by atoms with Crippen LogP contribution in [-0.4, -0.2) is 24.9 Å². The van der Waals surface area contributed by atoms with Crippen molar-refractivity contribution in [3.63, 3.8) is 0 Å². The van der Waals surface area contributed by atoms with E-state index in [0.29, 0.717) is 0 Å². The van der Waals surface area contributed by atoms with Gasteiger partial charge in [0.2, 0.25) is 0 Å². The third kappa shape index (κ3) is 8.90. The van der Waals surface area contributed by atoms with Gasteiger partial charge in [-0.25, -0.2) is 8.42 Å². The Morgan fingerprint density at radius 1 is 1.00 bits per heavy atom. The van der Waals surface area contributed by atoms with Gasteiger partial charge in [0, 0.05) is 12.4 Å². The van der Waals surface area contributed by atoms with Gasteiger partial charge >= 0.3 is 0 Å². The van der Waals surface area contributed by atoms with Crippen LogP contribution in [0.5, 0.6) is 0 Å². The summed E-state index contributed by atoms with van der Waals surface area (Å²) in [7, 11) is -2.92. The Kier molecular flexibility index (Phi) is 7.18. The van der Waals surface area contributed by atoms with Gasteiger partial charge in [-0.05, 0) is 12.1 Å². The quantitative estimate of drug-likeness (QED) is 0.735. The highest BCUT2D eigenvalue weighted by molar-refractivity contribution is 7.91. The van der Waals surface area contributed by atoms with Crippen LogP contribution in [0.25, 0.3) is 0 Å². The largest absolute Gasteiger partial charge is 0.265 e. The highest BCUT2D eigenvalue weighted by Crippen LogP contribution is 1.89. The van der Waals surface area contributed by atoms with E-state index >= 15 is 0 Å². The molecule has 15 heavy (non-hydrogen) atoms. The molecule has 0 aromatic carbocycles. The van der Waals surface area contributed by atoms with Gasteiger partial charge in [-0.1, -0.05) is 18.2 Å². The highest BCUT2D eigenvalue weighted by Gasteiger charge is 2.02. The molecule has 4 heteroatoms. The molecule has 82 valence electrons. The van der Waals surface area contributed by atoms with Crippen LogP contribution < -0.4 is 0 Å². The van der Waals surface area contributed by atoms with Crippen LogP contribution in [0.1, 0.15) is 0 Å². The van der Waals surface area contributed by atoms with E-state index < -0.39 is 9.84 Å². The van der Waals surface area contributed by atoms with E-state index in [4.69, 9.17) is 0 Å². The second kappa shape index (κ2) is 7.94. The lowest BCUT2D eigenvalue weighted by atomic mass is 10.5. The van der Waals surface area contributed by atoms with Gasteiger partial charge in [-0.3, -0.25) is 4.98 Å². The molecule has 0 spiro atoms. The molecule has 0 bridgehead atoms. The average molecular weight is 225 g/mol. The molecule has 0 radical (unpaired) electrons. The van der Waals surface area contributed by atoms with Gasteiger partial charge < -0.3 is 0 Å². The summed E-state index contributed by atoms with van der Waals surface area (Å²) in [6.07, 6.45) is 6.25. The molecule has 0 atom stereocenters. The number of hydrogen-bond donors (Lipinski definition) is 0. The number of nitrogens with zero attached hydrogens (tertiary/aromatic N) is 1. The maximum absolute atomic E-state index is 10.7. The molecule has 0 aliphatic carbocycles. The summed E-state index contributed by atoms with van der Waals surface area (Å²) in [6, 6.07) is 5.72. The van der Waals surface area contributed by atoms with Crippen LogP contribution >= 0.6 is 0 Å². The Labute approximate surface area is 91.1 Å². The van der Waals surface area contributed by atoms with E-state index in [2.05, 4.69) is 18.1 Å². The summed E-state index contributed by atoms with van der Waals surface area (Å²) in [5, 5.41) is 0. The molecular weight excluding hydrogens is 210 g/mol. The third-order valence-corrected chi connectivity index (χ3v) is 2.80. The van der Waals surface area contributed by atoms with E-state index in [1.165, 1.54) is 12.2 Å². The number of pyridine rings is 1. The predicted molar refractivity (Wildman–Crippen MR) is 63.3 cm³/mol. The Bertz CT molecular complexity index is 328. The second-order valence-corrected chi connectivity index (χ2v) is 4.83. The van der Waals surface area contributed by atoms with E-state index in [9.17, 15) is 8.42 Å². The van der Waals surface area contributed by atoms with Crippen molar-refractivity contribution in [2.24, 2.45) is 0 Å². The summed E-state index contributed by atoms with van der Waals surface area (Å²) < 4.78 is 21.4. The minimum absolute atomic E-state index is 0.0407. The normalized spacial score (nSPS) is 9.60. The molecule has 1 heterocycles. The van der Waals surface area contributed by atoms with Gasteiger partial charge in [0.25, 0.3) is 0 Å². The molecule has 0 saturated carbocycles. The predicted octanol–water partition coefficient (Wildman–Crippen LogP) is 1.85. The Hall–Kier alpha value is -1.42. The molecule has 0 aliphatic rings. The maximum atomic E-state index is 10.7. The van der Waals surface area contributed by atoms with Crippen molar-refractivity contribution >= 4 is 9.84 Å². The van der Waals surface area contributed by atoms with Crippen LogP contribution in [0.4, 0.5) is 0 Å².